The maximum atomic E-state index is 12.1. The molecule has 1 atom stereocenters. The van der Waals surface area contributed by atoms with Gasteiger partial charge >= 0.3 is 0 Å². The quantitative estimate of drug-likeness (QED) is 0.846. The largest absolute Gasteiger partial charge is 0.451 e. The molecule has 0 aliphatic carbocycles. The highest BCUT2D eigenvalue weighted by Crippen LogP contribution is 2.29. The van der Waals surface area contributed by atoms with E-state index in [-0.39, 0.29) is 18.2 Å². The fourth-order valence-electron chi connectivity index (χ4n) is 1.99. The monoisotopic (exact) mass is 339 g/mol. The number of hydrogen-bond donors (Lipinski definition) is 2. The summed E-state index contributed by atoms with van der Waals surface area (Å²) in [6.07, 6.45) is 1.90. The van der Waals surface area contributed by atoms with Crippen molar-refractivity contribution < 1.29 is 14.3 Å². The summed E-state index contributed by atoms with van der Waals surface area (Å²) in [6, 6.07) is 10.6. The Morgan fingerprint density at radius 2 is 2.09 bits per heavy atom. The molecule has 2 N–H and O–H groups in total. The van der Waals surface area contributed by atoms with Gasteiger partial charge in [-0.25, -0.2) is 0 Å². The molecule has 0 bridgehead atoms. The Kier molecular flexibility index (Phi) is 5.56. The highest BCUT2D eigenvalue weighted by Gasteiger charge is 2.22. The lowest BCUT2D eigenvalue weighted by molar-refractivity contribution is 0.0710. The van der Waals surface area contributed by atoms with Crippen molar-refractivity contribution in [2.45, 2.75) is 12.5 Å². The minimum Gasteiger partial charge on any atom is -0.451 e. The van der Waals surface area contributed by atoms with Gasteiger partial charge in [0.2, 0.25) is 0 Å². The van der Waals surface area contributed by atoms with Gasteiger partial charge in [-0.2, -0.15) is 11.8 Å². The van der Waals surface area contributed by atoms with Crippen molar-refractivity contribution in [2.75, 3.05) is 18.6 Å². The van der Waals surface area contributed by atoms with Crippen molar-refractivity contribution in [1.82, 2.24) is 5.32 Å². The van der Waals surface area contributed by atoms with Crippen molar-refractivity contribution in [3.05, 3.63) is 47.2 Å². The van der Waals surface area contributed by atoms with E-state index in [0.717, 1.165) is 5.56 Å². The van der Waals surface area contributed by atoms with E-state index in [4.69, 9.17) is 16.0 Å². The van der Waals surface area contributed by atoms with E-state index in [1.165, 1.54) is 11.8 Å². The highest BCUT2D eigenvalue weighted by atomic mass is 35.5. The van der Waals surface area contributed by atoms with Gasteiger partial charge in [-0.3, -0.25) is 4.79 Å². The molecule has 1 aromatic heterocycles. The normalized spacial score (nSPS) is 13.6. The molecular weight excluding hydrogens is 322 g/mol. The van der Waals surface area contributed by atoms with Gasteiger partial charge in [-0.05, 0) is 37.4 Å². The molecule has 1 amide bonds. The molecule has 0 saturated heterocycles. The second-order valence-corrected chi connectivity index (χ2v) is 6.53. The summed E-state index contributed by atoms with van der Waals surface area (Å²) in [5.74, 6) is 0.900. The summed E-state index contributed by atoms with van der Waals surface area (Å²) in [7, 11) is 0. The van der Waals surface area contributed by atoms with Crippen LogP contribution in [-0.2, 0) is 0 Å². The van der Waals surface area contributed by atoms with Crippen LogP contribution in [0.2, 0.25) is 5.02 Å². The standard InChI is InChI=1S/C16H18ClNO3S/c1-16(20,10-22-2)9-18-15(19)14-8-7-13(21-14)11-5-3-4-6-12(11)17/h3-8,20H,9-10H2,1-2H3,(H,18,19). The van der Waals surface area contributed by atoms with Crippen LogP contribution in [0.5, 0.6) is 0 Å². The van der Waals surface area contributed by atoms with E-state index in [1.54, 1.807) is 25.1 Å². The van der Waals surface area contributed by atoms with Crippen LogP contribution in [0, 0.1) is 0 Å². The predicted octanol–water partition coefficient (Wildman–Crippen LogP) is 3.44. The van der Waals surface area contributed by atoms with Crippen LogP contribution in [0.1, 0.15) is 17.5 Å². The van der Waals surface area contributed by atoms with E-state index < -0.39 is 5.60 Å². The van der Waals surface area contributed by atoms with Gasteiger partial charge in [-0.1, -0.05) is 23.7 Å². The molecule has 0 fully saturated rings. The summed E-state index contributed by atoms with van der Waals surface area (Å²) in [5, 5.41) is 13.3. The molecular formula is C16H18ClNO3S. The second kappa shape index (κ2) is 7.22. The van der Waals surface area contributed by atoms with Gasteiger partial charge < -0.3 is 14.8 Å². The number of hydrogen-bond acceptors (Lipinski definition) is 4. The molecule has 118 valence electrons. The lowest BCUT2D eigenvalue weighted by Gasteiger charge is -2.22. The summed E-state index contributed by atoms with van der Waals surface area (Å²) >= 11 is 7.63. The van der Waals surface area contributed by atoms with Crippen LogP contribution in [0.3, 0.4) is 0 Å². The average molecular weight is 340 g/mol. The molecule has 6 heteroatoms. The van der Waals surface area contributed by atoms with Crippen LogP contribution >= 0.6 is 23.4 Å². The topological polar surface area (TPSA) is 62.5 Å². The van der Waals surface area contributed by atoms with Gasteiger partial charge in [0.15, 0.2) is 5.76 Å². The molecule has 0 aliphatic rings. The fraction of sp³-hybridized carbons (Fsp3) is 0.312. The Morgan fingerprint density at radius 3 is 2.77 bits per heavy atom. The smallest absolute Gasteiger partial charge is 0.287 e. The molecule has 0 spiro atoms. The van der Waals surface area contributed by atoms with Crippen LogP contribution in [-0.4, -0.2) is 35.2 Å². The maximum Gasteiger partial charge on any atom is 0.287 e. The first-order valence-electron chi connectivity index (χ1n) is 6.77. The third-order valence-electron chi connectivity index (χ3n) is 3.05. The number of carbonyl (C=O) groups excluding carboxylic acids is 1. The fourth-order valence-corrected chi connectivity index (χ4v) is 2.94. The molecule has 1 unspecified atom stereocenters. The van der Waals surface area contributed by atoms with Crippen LogP contribution < -0.4 is 5.32 Å². The number of furan rings is 1. The number of aliphatic hydroxyl groups is 1. The predicted molar refractivity (Wildman–Crippen MR) is 90.5 cm³/mol. The van der Waals surface area contributed by atoms with Crippen LogP contribution in [0.4, 0.5) is 0 Å². The van der Waals surface area contributed by atoms with Crippen molar-refractivity contribution in [2.24, 2.45) is 0 Å². The summed E-state index contributed by atoms with van der Waals surface area (Å²) in [5.41, 5.74) is -0.217. The number of benzene rings is 1. The third-order valence-corrected chi connectivity index (χ3v) is 4.29. The summed E-state index contributed by atoms with van der Waals surface area (Å²) in [6.45, 7) is 1.84. The number of carbonyl (C=O) groups is 1. The number of amides is 1. The molecule has 1 aromatic carbocycles. The van der Waals surface area contributed by atoms with E-state index in [9.17, 15) is 9.90 Å². The van der Waals surface area contributed by atoms with Crippen molar-refractivity contribution in [1.29, 1.82) is 0 Å². The minimum atomic E-state index is -0.951. The zero-order chi connectivity index (χ0) is 16.2. The Balaban J connectivity index is 2.05. The average Bonchev–Trinajstić information content (AvgIpc) is 2.95. The summed E-state index contributed by atoms with van der Waals surface area (Å²) < 4.78 is 5.55. The maximum absolute atomic E-state index is 12.1. The van der Waals surface area contributed by atoms with Gasteiger partial charge in [0.1, 0.15) is 5.76 Å². The first-order valence-corrected chi connectivity index (χ1v) is 8.54. The zero-order valence-corrected chi connectivity index (χ0v) is 14.0. The van der Waals surface area contributed by atoms with E-state index in [1.807, 2.05) is 24.5 Å². The van der Waals surface area contributed by atoms with Crippen molar-refractivity contribution in [3.8, 4) is 11.3 Å². The number of halogens is 1. The SMILES string of the molecule is CSCC(C)(O)CNC(=O)c1ccc(-c2ccccc2Cl)o1. The Hall–Kier alpha value is -1.43. The van der Waals surface area contributed by atoms with Gasteiger partial charge in [0, 0.05) is 17.9 Å². The minimum absolute atomic E-state index is 0.162. The summed E-state index contributed by atoms with van der Waals surface area (Å²) in [4.78, 5) is 12.1. The lowest BCUT2D eigenvalue weighted by Crippen LogP contribution is -2.42. The molecule has 4 nitrogen and oxygen atoms in total. The number of rotatable bonds is 6. The van der Waals surface area contributed by atoms with Crippen molar-refractivity contribution in [3.63, 3.8) is 0 Å². The van der Waals surface area contributed by atoms with Gasteiger partial charge in [-0.15, -0.1) is 0 Å². The molecule has 0 aliphatic heterocycles. The van der Waals surface area contributed by atoms with E-state index in [2.05, 4.69) is 5.32 Å². The molecule has 22 heavy (non-hydrogen) atoms. The molecule has 0 saturated carbocycles. The second-order valence-electron chi connectivity index (χ2n) is 5.26. The van der Waals surface area contributed by atoms with Crippen LogP contribution in [0.15, 0.2) is 40.8 Å². The molecule has 2 rings (SSSR count). The number of thioether (sulfide) groups is 1. The first-order chi connectivity index (χ1) is 10.4. The van der Waals surface area contributed by atoms with E-state index >= 15 is 0 Å². The third kappa shape index (κ3) is 4.29. The van der Waals surface area contributed by atoms with Crippen molar-refractivity contribution >= 4 is 29.3 Å². The van der Waals surface area contributed by atoms with Gasteiger partial charge in [0.25, 0.3) is 5.91 Å². The van der Waals surface area contributed by atoms with Crippen LogP contribution in [0.25, 0.3) is 11.3 Å². The Bertz CT molecular complexity index is 654. The highest BCUT2D eigenvalue weighted by molar-refractivity contribution is 7.98. The van der Waals surface area contributed by atoms with E-state index in [0.29, 0.717) is 16.5 Å². The zero-order valence-electron chi connectivity index (χ0n) is 12.4. The lowest BCUT2D eigenvalue weighted by atomic mass is 10.1. The molecule has 2 aromatic rings. The Labute approximate surface area is 138 Å². The molecule has 0 radical (unpaired) electrons. The molecule has 1 heterocycles. The number of nitrogens with one attached hydrogen (secondary N) is 1. The Morgan fingerprint density at radius 1 is 1.36 bits per heavy atom. The van der Waals surface area contributed by atoms with Gasteiger partial charge in [0.05, 0.1) is 10.6 Å². The first kappa shape index (κ1) is 16.9.